The highest BCUT2D eigenvalue weighted by Crippen LogP contribution is 2.52. The molecule has 0 aliphatic carbocycles. The maximum Gasteiger partial charge on any atom is 0.472 e. The second kappa shape index (κ2) is 11.7. The number of pyridine rings is 1. The van der Waals surface area contributed by atoms with Gasteiger partial charge in [0, 0.05) is 28.2 Å². The summed E-state index contributed by atoms with van der Waals surface area (Å²) in [5.74, 6) is -2.39. The molecule has 7 atom stereocenters. The summed E-state index contributed by atoms with van der Waals surface area (Å²) in [4.78, 5) is 36.2. The number of carboxylic acid groups (broad SMARTS) is 1. The summed E-state index contributed by atoms with van der Waals surface area (Å²) < 4.78 is 29.8. The fraction of sp³-hybridized carbons (Fsp3) is 0.591. The van der Waals surface area contributed by atoms with Gasteiger partial charge in [-0.15, -0.1) is 11.8 Å². The number of carboxylic acids is 1. The van der Waals surface area contributed by atoms with E-state index in [1.54, 1.807) is 0 Å². The summed E-state index contributed by atoms with van der Waals surface area (Å²) in [5.41, 5.74) is -0.0290. The first-order valence-electron chi connectivity index (χ1n) is 11.4. The molecule has 4 N–H and O–H groups in total. The van der Waals surface area contributed by atoms with E-state index >= 15 is 0 Å². The zero-order chi connectivity index (χ0) is 25.3. The summed E-state index contributed by atoms with van der Waals surface area (Å²) in [6.45, 7) is 3.96. The number of amides is 1. The number of aromatic nitrogens is 1. The van der Waals surface area contributed by atoms with Crippen LogP contribution in [0.15, 0.2) is 41.2 Å². The molecule has 3 aliphatic heterocycles. The highest BCUT2D eigenvalue weighted by molar-refractivity contribution is 8.03. The fourth-order valence-corrected chi connectivity index (χ4v) is 7.00. The molecule has 1 amide bonds. The van der Waals surface area contributed by atoms with Gasteiger partial charge in [-0.05, 0) is 13.3 Å². The highest BCUT2D eigenvalue weighted by Gasteiger charge is 2.60. The summed E-state index contributed by atoms with van der Waals surface area (Å²) in [5, 5.41) is 19.6. The molecule has 0 aromatic carbocycles. The standard InChI is InChI=1S/C22H29N2O9PS.H2O/c1-13-18-17(14(2)25)21(26)24(18)19(22(27)28)20(13)35-16-10-15(31-12-16)11-33-34(29,30)32-9-8-23-6-4-3-5-7-23;/h3-7,13-18,25H,8-12H2,1-2H3,(H-,27,28,29,30);1H2. The van der Waals surface area contributed by atoms with Gasteiger partial charge in [-0.2, -0.15) is 0 Å². The molecule has 3 aliphatic rings. The Kier molecular flexibility index (Phi) is 9.34. The lowest BCUT2D eigenvalue weighted by atomic mass is 9.79. The molecule has 36 heavy (non-hydrogen) atoms. The van der Waals surface area contributed by atoms with Crippen molar-refractivity contribution in [1.82, 2.24) is 4.90 Å². The number of β-lactam (4-membered cyclic amide) rings is 1. The van der Waals surface area contributed by atoms with Gasteiger partial charge < -0.3 is 30.2 Å². The number of phosphoric ester groups is 1. The minimum atomic E-state index is -4.25. The third-order valence-corrected chi connectivity index (χ3v) is 8.92. The van der Waals surface area contributed by atoms with E-state index in [-0.39, 0.29) is 47.5 Å². The Morgan fingerprint density at radius 2 is 2.03 bits per heavy atom. The summed E-state index contributed by atoms with van der Waals surface area (Å²) >= 11 is 1.35. The molecule has 4 heterocycles. The molecule has 14 heteroatoms. The first-order chi connectivity index (χ1) is 16.6. The summed E-state index contributed by atoms with van der Waals surface area (Å²) in [6.07, 6.45) is 2.80. The van der Waals surface area contributed by atoms with Crippen LogP contribution in [0.1, 0.15) is 20.3 Å². The van der Waals surface area contributed by atoms with E-state index in [1.165, 1.54) is 23.6 Å². The Balaban J connectivity index is 0.00000361. The molecule has 200 valence electrons. The Morgan fingerprint density at radius 3 is 2.67 bits per heavy atom. The Morgan fingerprint density at radius 1 is 1.33 bits per heavy atom. The maximum absolute atomic E-state index is 12.5. The summed E-state index contributed by atoms with van der Waals surface area (Å²) in [7, 11) is -4.25. The molecule has 4 rings (SSSR count). The van der Waals surface area contributed by atoms with Crippen molar-refractivity contribution in [2.45, 2.75) is 50.3 Å². The second-order valence-corrected chi connectivity index (χ2v) is 11.7. The molecule has 0 saturated carbocycles. The van der Waals surface area contributed by atoms with Crippen LogP contribution in [0, 0.1) is 11.8 Å². The van der Waals surface area contributed by atoms with Crippen LogP contribution in [-0.4, -0.2) is 80.7 Å². The highest BCUT2D eigenvalue weighted by atomic mass is 32.2. The largest absolute Gasteiger partial charge is 0.870 e. The summed E-state index contributed by atoms with van der Waals surface area (Å²) in [6, 6.07) is 5.18. The number of rotatable bonds is 11. The number of ether oxygens (including phenoxy) is 1. The number of carbonyl (C=O) groups is 2. The average molecular weight is 547 g/mol. The van der Waals surface area contributed by atoms with E-state index in [0.717, 1.165) is 0 Å². The van der Waals surface area contributed by atoms with Crippen LogP contribution in [0.4, 0.5) is 0 Å². The quantitative estimate of drug-likeness (QED) is 0.205. The lowest BCUT2D eigenvalue weighted by Gasteiger charge is -2.46. The molecule has 1 aromatic rings. The van der Waals surface area contributed by atoms with Gasteiger partial charge in [-0.25, -0.2) is 13.9 Å². The van der Waals surface area contributed by atoms with E-state index < -0.39 is 31.9 Å². The number of nitrogens with zero attached hydrogens (tertiary/aromatic N) is 2. The molecule has 2 saturated heterocycles. The zero-order valence-corrected chi connectivity index (χ0v) is 21.6. The van der Waals surface area contributed by atoms with Crippen LogP contribution in [0.5, 0.6) is 0 Å². The fourth-order valence-electron chi connectivity index (χ4n) is 4.79. The van der Waals surface area contributed by atoms with Crippen LogP contribution in [0.2, 0.25) is 0 Å². The SMILES string of the molecule is CC(O)C1C(=O)N2C(C(=O)O)=C(SC3COC(COP(=O)(O)OCC[n+]4ccccc4)C3)C(C)C12.[OH-]. The van der Waals surface area contributed by atoms with Gasteiger partial charge in [0.1, 0.15) is 12.3 Å². The number of carbonyl (C=O) groups excluding carboxylic acids is 1. The number of hydrogen-bond donors (Lipinski definition) is 3. The van der Waals surface area contributed by atoms with Crippen LogP contribution in [0.3, 0.4) is 0 Å². The number of aliphatic hydroxyl groups is 1. The maximum atomic E-state index is 12.5. The molecule has 0 radical (unpaired) electrons. The van der Waals surface area contributed by atoms with E-state index in [1.807, 2.05) is 42.1 Å². The van der Waals surface area contributed by atoms with Gasteiger partial charge in [0.25, 0.3) is 0 Å². The van der Waals surface area contributed by atoms with E-state index in [4.69, 9.17) is 13.8 Å². The number of fused-ring (bicyclic) bond motifs is 1. The van der Waals surface area contributed by atoms with Crippen molar-refractivity contribution in [1.29, 1.82) is 0 Å². The number of thioether (sulfide) groups is 1. The lowest BCUT2D eigenvalue weighted by Crippen LogP contribution is -2.63. The van der Waals surface area contributed by atoms with E-state index in [2.05, 4.69) is 0 Å². The number of phosphoric acid groups is 1. The van der Waals surface area contributed by atoms with Crippen molar-refractivity contribution >= 4 is 31.5 Å². The monoisotopic (exact) mass is 546 g/mol. The predicted octanol–water partition coefficient (Wildman–Crippen LogP) is 0.975. The molecule has 7 unspecified atom stereocenters. The molecule has 12 nitrogen and oxygen atoms in total. The van der Waals surface area contributed by atoms with Crippen molar-refractivity contribution < 1.29 is 53.1 Å². The smallest absolute Gasteiger partial charge is 0.472 e. The van der Waals surface area contributed by atoms with E-state index in [0.29, 0.717) is 24.5 Å². The van der Waals surface area contributed by atoms with Crippen LogP contribution >= 0.6 is 19.6 Å². The van der Waals surface area contributed by atoms with E-state index in [9.17, 15) is 29.3 Å². The molecule has 0 bridgehead atoms. The van der Waals surface area contributed by atoms with Crippen molar-refractivity contribution in [2.75, 3.05) is 19.8 Å². The third-order valence-electron chi connectivity index (χ3n) is 6.45. The van der Waals surface area contributed by atoms with Crippen molar-refractivity contribution in [2.24, 2.45) is 11.8 Å². The van der Waals surface area contributed by atoms with Gasteiger partial charge in [0.2, 0.25) is 5.91 Å². The molecular formula is C22H31N2O10PS. The lowest BCUT2D eigenvalue weighted by molar-refractivity contribution is -0.697. The van der Waals surface area contributed by atoms with Crippen LogP contribution < -0.4 is 4.57 Å². The third kappa shape index (κ3) is 6.00. The second-order valence-electron chi connectivity index (χ2n) is 8.91. The van der Waals surface area contributed by atoms with Crippen molar-refractivity contribution in [3.63, 3.8) is 0 Å². The van der Waals surface area contributed by atoms with Crippen molar-refractivity contribution in [3.05, 3.63) is 41.2 Å². The Labute approximate surface area is 212 Å². The minimum Gasteiger partial charge on any atom is -0.870 e. The van der Waals surface area contributed by atoms with Gasteiger partial charge >= 0.3 is 13.8 Å². The zero-order valence-electron chi connectivity index (χ0n) is 19.9. The van der Waals surface area contributed by atoms with Gasteiger partial charge in [-0.3, -0.25) is 13.8 Å². The normalized spacial score (nSPS) is 29.8. The number of aliphatic carboxylic acids is 1. The Hall–Kier alpha value is -1.83. The Bertz CT molecular complexity index is 1040. The minimum absolute atomic E-state index is 0. The van der Waals surface area contributed by atoms with Crippen LogP contribution in [-0.2, 0) is 34.5 Å². The first-order valence-corrected chi connectivity index (χ1v) is 13.8. The van der Waals surface area contributed by atoms with Gasteiger partial charge in [0.15, 0.2) is 18.9 Å². The van der Waals surface area contributed by atoms with Crippen LogP contribution in [0.25, 0.3) is 0 Å². The number of hydrogen-bond acceptors (Lipinski definition) is 9. The topological polar surface area (TPSA) is 177 Å². The average Bonchev–Trinajstić information content (AvgIpc) is 3.34. The number of aliphatic hydroxyl groups excluding tert-OH is 1. The van der Waals surface area contributed by atoms with Gasteiger partial charge in [0.05, 0.1) is 37.4 Å². The molecular weight excluding hydrogens is 515 g/mol. The molecule has 2 fully saturated rings. The predicted molar refractivity (Wildman–Crippen MR) is 126 cm³/mol. The first kappa shape index (κ1) is 28.7. The van der Waals surface area contributed by atoms with Gasteiger partial charge in [-0.1, -0.05) is 13.0 Å². The molecule has 1 aromatic heterocycles. The van der Waals surface area contributed by atoms with Crippen molar-refractivity contribution in [3.8, 4) is 0 Å². The molecule has 0 spiro atoms.